The van der Waals surface area contributed by atoms with Crippen LogP contribution in [0.5, 0.6) is 0 Å². The number of fused-ring (bicyclic) bond motifs is 3. The van der Waals surface area contributed by atoms with E-state index in [4.69, 9.17) is 10.5 Å². The van der Waals surface area contributed by atoms with E-state index in [1.54, 1.807) is 11.0 Å². The van der Waals surface area contributed by atoms with Crippen molar-refractivity contribution in [1.82, 2.24) is 9.88 Å². The number of nitrogens with one attached hydrogen (secondary N) is 1. The molecule has 0 saturated heterocycles. The highest BCUT2D eigenvalue weighted by Crippen LogP contribution is 2.41. The maximum absolute atomic E-state index is 12.6. The number of rotatable bonds is 2. The maximum atomic E-state index is 12.6. The van der Waals surface area contributed by atoms with Gasteiger partial charge in [0, 0.05) is 35.6 Å². The molecule has 1 aliphatic rings. The van der Waals surface area contributed by atoms with Crippen molar-refractivity contribution in [2.24, 2.45) is 0 Å². The molecule has 2 unspecified atom stereocenters. The first-order chi connectivity index (χ1) is 13.0. The molecule has 0 saturated carbocycles. The monoisotopic (exact) mass is 363 g/mol. The number of nitrogen functional groups attached to an aromatic ring is 1. The summed E-state index contributed by atoms with van der Waals surface area (Å²) in [6, 6.07) is 14.2. The van der Waals surface area contributed by atoms with Gasteiger partial charge in [0.05, 0.1) is 13.2 Å². The number of anilines is 1. The Morgan fingerprint density at radius 3 is 2.67 bits per heavy atom. The zero-order valence-electron chi connectivity index (χ0n) is 15.2. The molecule has 0 bridgehead atoms. The third-order valence-corrected chi connectivity index (χ3v) is 5.19. The highest BCUT2D eigenvalue weighted by Gasteiger charge is 2.42. The van der Waals surface area contributed by atoms with E-state index in [1.165, 1.54) is 14.0 Å². The molecule has 6 nitrogen and oxygen atoms in total. The summed E-state index contributed by atoms with van der Waals surface area (Å²) in [6.45, 7) is 1.48. The van der Waals surface area contributed by atoms with Crippen LogP contribution < -0.4 is 5.73 Å². The van der Waals surface area contributed by atoms with Gasteiger partial charge >= 0.3 is 5.97 Å². The van der Waals surface area contributed by atoms with Crippen molar-refractivity contribution < 1.29 is 14.3 Å². The third kappa shape index (κ3) is 2.73. The largest absolute Gasteiger partial charge is 0.467 e. The summed E-state index contributed by atoms with van der Waals surface area (Å²) in [5, 5.41) is 1.05. The SMILES string of the molecule is COC(=O)C1Cc2c([nH]c3ccccc23)C(c2cccc(N)c2)N1C(C)=O. The van der Waals surface area contributed by atoms with Crippen LogP contribution in [0.4, 0.5) is 5.69 Å². The van der Waals surface area contributed by atoms with Crippen molar-refractivity contribution in [3.63, 3.8) is 0 Å². The molecule has 0 radical (unpaired) electrons. The van der Waals surface area contributed by atoms with Crippen molar-refractivity contribution in [2.75, 3.05) is 12.8 Å². The van der Waals surface area contributed by atoms with Gasteiger partial charge in [-0.1, -0.05) is 30.3 Å². The number of H-pyrrole nitrogens is 1. The fourth-order valence-electron chi connectivity index (χ4n) is 4.08. The Morgan fingerprint density at radius 2 is 1.96 bits per heavy atom. The molecule has 3 N–H and O–H groups in total. The number of amides is 1. The Bertz CT molecular complexity index is 1040. The molecule has 0 fully saturated rings. The van der Waals surface area contributed by atoms with Gasteiger partial charge in [0.2, 0.25) is 5.91 Å². The second-order valence-corrected chi connectivity index (χ2v) is 6.80. The van der Waals surface area contributed by atoms with Crippen molar-refractivity contribution in [1.29, 1.82) is 0 Å². The van der Waals surface area contributed by atoms with Crippen LogP contribution in [-0.2, 0) is 20.7 Å². The van der Waals surface area contributed by atoms with Crippen LogP contribution in [0.25, 0.3) is 10.9 Å². The number of aromatic nitrogens is 1. The van der Waals surface area contributed by atoms with Gasteiger partial charge < -0.3 is 20.4 Å². The molecular weight excluding hydrogens is 342 g/mol. The molecule has 0 aliphatic carbocycles. The number of nitrogens with two attached hydrogens (primary N) is 1. The van der Waals surface area contributed by atoms with Crippen LogP contribution in [0.2, 0.25) is 0 Å². The van der Waals surface area contributed by atoms with Gasteiger partial charge in [0.15, 0.2) is 0 Å². The molecule has 2 heterocycles. The first-order valence-corrected chi connectivity index (χ1v) is 8.83. The number of benzene rings is 2. The van der Waals surface area contributed by atoms with Gasteiger partial charge in [-0.15, -0.1) is 0 Å². The van der Waals surface area contributed by atoms with Crippen LogP contribution in [0.1, 0.15) is 29.8 Å². The summed E-state index contributed by atoms with van der Waals surface area (Å²) in [6.07, 6.45) is 0.407. The quantitative estimate of drug-likeness (QED) is 0.541. The van der Waals surface area contributed by atoms with E-state index in [1.807, 2.05) is 42.5 Å². The van der Waals surface area contributed by atoms with Crippen molar-refractivity contribution >= 4 is 28.5 Å². The minimum atomic E-state index is -0.689. The van der Waals surface area contributed by atoms with Crippen LogP contribution in [-0.4, -0.2) is 34.9 Å². The number of hydrogen-bond donors (Lipinski definition) is 2. The molecule has 27 heavy (non-hydrogen) atoms. The second kappa shape index (κ2) is 6.46. The van der Waals surface area contributed by atoms with Crippen LogP contribution in [0.3, 0.4) is 0 Å². The molecule has 138 valence electrons. The number of nitrogens with zero attached hydrogens (tertiary/aromatic N) is 1. The molecule has 6 heteroatoms. The first-order valence-electron chi connectivity index (χ1n) is 8.83. The Morgan fingerprint density at radius 1 is 1.19 bits per heavy atom. The zero-order chi connectivity index (χ0) is 19.1. The molecule has 1 amide bonds. The zero-order valence-corrected chi connectivity index (χ0v) is 15.2. The standard InChI is InChI=1S/C21H21N3O3/c1-12(25)24-18(21(26)27-2)11-16-15-8-3-4-9-17(15)23-19(16)20(24)13-6-5-7-14(22)10-13/h3-10,18,20,23H,11,22H2,1-2H3. The third-order valence-electron chi connectivity index (χ3n) is 5.19. The topological polar surface area (TPSA) is 88.4 Å². The van der Waals surface area contributed by atoms with Crippen molar-refractivity contribution in [3.05, 3.63) is 65.4 Å². The summed E-state index contributed by atoms with van der Waals surface area (Å²) in [5.74, 6) is -0.614. The van der Waals surface area contributed by atoms with Crippen LogP contribution >= 0.6 is 0 Å². The number of aromatic amines is 1. The van der Waals surface area contributed by atoms with E-state index in [-0.39, 0.29) is 5.91 Å². The number of carbonyl (C=O) groups excluding carboxylic acids is 2. The van der Waals surface area contributed by atoms with E-state index >= 15 is 0 Å². The molecular formula is C21H21N3O3. The number of hydrogen-bond acceptors (Lipinski definition) is 4. The molecule has 4 rings (SSSR count). The lowest BCUT2D eigenvalue weighted by Gasteiger charge is -2.40. The van der Waals surface area contributed by atoms with Crippen LogP contribution in [0, 0.1) is 0 Å². The van der Waals surface area contributed by atoms with Gasteiger partial charge in [-0.25, -0.2) is 4.79 Å². The first kappa shape index (κ1) is 17.1. The molecule has 2 atom stereocenters. The summed E-state index contributed by atoms with van der Waals surface area (Å²) in [5.41, 5.74) is 10.4. The van der Waals surface area contributed by atoms with Gasteiger partial charge in [-0.3, -0.25) is 4.79 Å². The van der Waals surface area contributed by atoms with E-state index in [2.05, 4.69) is 4.98 Å². The predicted molar refractivity (Wildman–Crippen MR) is 103 cm³/mol. The predicted octanol–water partition coefficient (Wildman–Crippen LogP) is 2.79. The summed E-state index contributed by atoms with van der Waals surface area (Å²) in [4.78, 5) is 30.2. The van der Waals surface area contributed by atoms with E-state index in [0.717, 1.165) is 27.7 Å². The van der Waals surface area contributed by atoms with E-state index in [9.17, 15) is 9.59 Å². The lowest BCUT2D eigenvalue weighted by Crippen LogP contribution is -2.51. The maximum Gasteiger partial charge on any atom is 0.328 e. The minimum absolute atomic E-state index is 0.192. The molecule has 1 aromatic heterocycles. The Labute approximate surface area is 156 Å². The highest BCUT2D eigenvalue weighted by atomic mass is 16.5. The molecule has 0 spiro atoms. The highest BCUT2D eigenvalue weighted by molar-refractivity contribution is 5.90. The Balaban J connectivity index is 1.99. The molecule has 2 aromatic carbocycles. The average molecular weight is 363 g/mol. The summed E-state index contributed by atoms with van der Waals surface area (Å²) < 4.78 is 5.01. The Kier molecular flexibility index (Phi) is 4.11. The van der Waals surface area contributed by atoms with Gasteiger partial charge in [0.25, 0.3) is 0 Å². The van der Waals surface area contributed by atoms with Crippen molar-refractivity contribution in [2.45, 2.75) is 25.4 Å². The molecule has 3 aromatic rings. The fraction of sp³-hybridized carbons (Fsp3) is 0.238. The lowest BCUT2D eigenvalue weighted by molar-refractivity contribution is -0.154. The average Bonchev–Trinajstić information content (AvgIpc) is 3.04. The van der Waals surface area contributed by atoms with Gasteiger partial charge in [-0.05, 0) is 29.3 Å². The molecule has 1 aliphatic heterocycles. The smallest absolute Gasteiger partial charge is 0.328 e. The minimum Gasteiger partial charge on any atom is -0.467 e. The second-order valence-electron chi connectivity index (χ2n) is 6.80. The normalized spacial score (nSPS) is 19.0. The number of methoxy groups -OCH3 is 1. The summed E-state index contributed by atoms with van der Waals surface area (Å²) in [7, 11) is 1.35. The van der Waals surface area contributed by atoms with E-state index < -0.39 is 18.1 Å². The Hall–Kier alpha value is -3.28. The lowest BCUT2D eigenvalue weighted by atomic mass is 9.87. The number of ether oxygens (including phenoxy) is 1. The van der Waals surface area contributed by atoms with Gasteiger partial charge in [-0.2, -0.15) is 0 Å². The number of esters is 1. The fourth-order valence-corrected chi connectivity index (χ4v) is 4.08. The number of para-hydroxylation sites is 1. The van der Waals surface area contributed by atoms with Crippen LogP contribution in [0.15, 0.2) is 48.5 Å². The van der Waals surface area contributed by atoms with E-state index in [0.29, 0.717) is 12.1 Å². The van der Waals surface area contributed by atoms with Gasteiger partial charge in [0.1, 0.15) is 6.04 Å². The number of carbonyl (C=O) groups is 2. The summed E-state index contributed by atoms with van der Waals surface area (Å²) >= 11 is 0. The van der Waals surface area contributed by atoms with Crippen molar-refractivity contribution in [3.8, 4) is 0 Å².